The molecule has 7 heteroatoms. The van der Waals surface area contributed by atoms with Crippen molar-refractivity contribution in [3.8, 4) is 0 Å². The molecular formula is C10H18N4O2S. The first-order valence-electron chi connectivity index (χ1n) is 5.56. The van der Waals surface area contributed by atoms with Gasteiger partial charge in [-0.3, -0.25) is 10.1 Å². The number of aromatic nitrogens is 2. The molecule has 1 rings (SSSR count). The quantitative estimate of drug-likeness (QED) is 0.461. The van der Waals surface area contributed by atoms with Crippen LogP contribution in [0.1, 0.15) is 19.0 Å². The summed E-state index contributed by atoms with van der Waals surface area (Å²) in [6.07, 6.45) is 3.02. The zero-order valence-corrected chi connectivity index (χ0v) is 11.2. The molecule has 1 heterocycles. The van der Waals surface area contributed by atoms with Gasteiger partial charge in [-0.05, 0) is 32.3 Å². The number of hydrogen-bond donors (Lipinski definition) is 1. The first-order valence-corrected chi connectivity index (χ1v) is 6.95. The molecule has 0 spiro atoms. The zero-order valence-electron chi connectivity index (χ0n) is 10.4. The normalized spacial score (nSPS) is 10.5. The molecule has 0 aliphatic rings. The highest BCUT2D eigenvalue weighted by atomic mass is 32.2. The van der Waals surface area contributed by atoms with Crippen LogP contribution in [-0.2, 0) is 6.54 Å². The van der Waals surface area contributed by atoms with Gasteiger partial charge in [-0.2, -0.15) is 16.9 Å². The van der Waals surface area contributed by atoms with Crippen LogP contribution in [0.25, 0.3) is 0 Å². The molecule has 0 amide bonds. The van der Waals surface area contributed by atoms with E-state index in [1.165, 1.54) is 0 Å². The van der Waals surface area contributed by atoms with Crippen LogP contribution in [-0.4, -0.2) is 33.3 Å². The Morgan fingerprint density at radius 3 is 2.82 bits per heavy atom. The summed E-state index contributed by atoms with van der Waals surface area (Å²) in [5.41, 5.74) is 0.556. The molecule has 1 N–H and O–H groups in total. The van der Waals surface area contributed by atoms with Crippen molar-refractivity contribution in [2.45, 2.75) is 26.8 Å². The van der Waals surface area contributed by atoms with Gasteiger partial charge in [0.15, 0.2) is 0 Å². The van der Waals surface area contributed by atoms with Crippen molar-refractivity contribution in [1.82, 2.24) is 9.78 Å². The summed E-state index contributed by atoms with van der Waals surface area (Å²) in [4.78, 5) is 10.6. The molecule has 0 unspecified atom stereocenters. The predicted molar refractivity (Wildman–Crippen MR) is 70.8 cm³/mol. The van der Waals surface area contributed by atoms with Gasteiger partial charge >= 0.3 is 5.69 Å². The van der Waals surface area contributed by atoms with Gasteiger partial charge in [0.05, 0.1) is 4.92 Å². The van der Waals surface area contributed by atoms with Crippen molar-refractivity contribution >= 4 is 23.3 Å². The lowest BCUT2D eigenvalue weighted by Gasteiger charge is -2.06. The molecule has 0 fully saturated rings. The third-order valence-corrected chi connectivity index (χ3v) is 3.09. The summed E-state index contributed by atoms with van der Waals surface area (Å²) in [5, 5.41) is 18.2. The van der Waals surface area contributed by atoms with Gasteiger partial charge in [0.1, 0.15) is 5.69 Å². The Kier molecular flexibility index (Phi) is 5.27. The molecule has 17 heavy (non-hydrogen) atoms. The van der Waals surface area contributed by atoms with Crippen LogP contribution in [0.4, 0.5) is 11.5 Å². The van der Waals surface area contributed by atoms with Crippen molar-refractivity contribution in [2.24, 2.45) is 0 Å². The fourth-order valence-electron chi connectivity index (χ4n) is 1.62. The molecule has 1 aromatic heterocycles. The van der Waals surface area contributed by atoms with E-state index in [0.717, 1.165) is 18.7 Å². The second-order valence-corrected chi connectivity index (χ2v) is 4.61. The molecule has 1 aromatic rings. The minimum Gasteiger partial charge on any atom is -0.364 e. The fraction of sp³-hybridized carbons (Fsp3) is 0.700. The molecule has 0 atom stereocenters. The van der Waals surface area contributed by atoms with Crippen LogP contribution in [0.3, 0.4) is 0 Å². The first-order chi connectivity index (χ1) is 8.11. The van der Waals surface area contributed by atoms with E-state index in [2.05, 4.69) is 10.4 Å². The molecule has 0 aliphatic heterocycles. The zero-order chi connectivity index (χ0) is 12.8. The Labute approximate surface area is 105 Å². The number of rotatable bonds is 7. The van der Waals surface area contributed by atoms with Gasteiger partial charge in [0.2, 0.25) is 5.82 Å². The number of thioether (sulfide) groups is 1. The Balaban J connectivity index is 2.83. The number of aryl methyl sites for hydroxylation is 2. The van der Waals surface area contributed by atoms with Crippen LogP contribution >= 0.6 is 11.8 Å². The molecule has 0 saturated carbocycles. The Bertz CT molecular complexity index is 392. The van der Waals surface area contributed by atoms with E-state index in [9.17, 15) is 10.1 Å². The van der Waals surface area contributed by atoms with Gasteiger partial charge in [-0.1, -0.05) is 0 Å². The summed E-state index contributed by atoms with van der Waals surface area (Å²) in [5.74, 6) is 1.57. The van der Waals surface area contributed by atoms with Crippen LogP contribution in [0.15, 0.2) is 0 Å². The summed E-state index contributed by atoms with van der Waals surface area (Å²) in [7, 11) is 0. The standard InChI is InChI=1S/C10H18N4O2S/c1-4-13-10(11-6-5-7-17-3)9(14(15)16)8(2)12-13/h11H,4-7H2,1-3H3. The first kappa shape index (κ1) is 13.8. The van der Waals surface area contributed by atoms with Gasteiger partial charge < -0.3 is 5.32 Å². The second kappa shape index (κ2) is 6.48. The van der Waals surface area contributed by atoms with E-state index in [4.69, 9.17) is 0 Å². The molecule has 0 radical (unpaired) electrons. The SMILES string of the molecule is CCn1nc(C)c([N+](=O)[O-])c1NCCCSC. The van der Waals surface area contributed by atoms with E-state index in [-0.39, 0.29) is 10.6 Å². The highest BCUT2D eigenvalue weighted by molar-refractivity contribution is 7.98. The number of nitrogens with one attached hydrogen (secondary N) is 1. The lowest BCUT2D eigenvalue weighted by molar-refractivity contribution is -0.384. The smallest absolute Gasteiger partial charge is 0.333 e. The maximum atomic E-state index is 11.0. The average Bonchev–Trinajstić information content (AvgIpc) is 2.61. The van der Waals surface area contributed by atoms with Crippen LogP contribution < -0.4 is 5.32 Å². The van der Waals surface area contributed by atoms with E-state index >= 15 is 0 Å². The largest absolute Gasteiger partial charge is 0.364 e. The summed E-state index contributed by atoms with van der Waals surface area (Å²) in [6.45, 7) is 4.94. The van der Waals surface area contributed by atoms with Gasteiger partial charge in [-0.15, -0.1) is 0 Å². The molecule has 6 nitrogen and oxygen atoms in total. The highest BCUT2D eigenvalue weighted by Crippen LogP contribution is 2.27. The Morgan fingerprint density at radius 1 is 1.59 bits per heavy atom. The Morgan fingerprint density at radius 2 is 2.29 bits per heavy atom. The predicted octanol–water partition coefficient (Wildman–Crippen LogP) is 2.28. The van der Waals surface area contributed by atoms with Crippen LogP contribution in [0, 0.1) is 17.0 Å². The molecule has 96 valence electrons. The lowest BCUT2D eigenvalue weighted by atomic mass is 10.3. The molecule has 0 saturated heterocycles. The van der Waals surface area contributed by atoms with E-state index < -0.39 is 0 Å². The summed E-state index contributed by atoms with van der Waals surface area (Å²) < 4.78 is 1.65. The van der Waals surface area contributed by atoms with Gasteiger partial charge in [-0.25, -0.2) is 4.68 Å². The van der Waals surface area contributed by atoms with Crippen molar-refractivity contribution in [1.29, 1.82) is 0 Å². The topological polar surface area (TPSA) is 73.0 Å². The molecule has 0 aliphatic carbocycles. The van der Waals surface area contributed by atoms with Crippen LogP contribution in [0.2, 0.25) is 0 Å². The number of anilines is 1. The lowest BCUT2D eigenvalue weighted by Crippen LogP contribution is -2.10. The van der Waals surface area contributed by atoms with Crippen molar-refractivity contribution < 1.29 is 4.92 Å². The summed E-state index contributed by atoms with van der Waals surface area (Å²) >= 11 is 1.77. The van der Waals surface area contributed by atoms with E-state index in [1.807, 2.05) is 13.2 Å². The van der Waals surface area contributed by atoms with Gasteiger partial charge in [0.25, 0.3) is 0 Å². The average molecular weight is 258 g/mol. The number of nitrogens with zero attached hydrogens (tertiary/aromatic N) is 3. The van der Waals surface area contributed by atoms with Crippen molar-refractivity contribution in [3.63, 3.8) is 0 Å². The molecule has 0 aromatic carbocycles. The minimum atomic E-state index is -0.370. The maximum Gasteiger partial charge on any atom is 0.333 e. The maximum absolute atomic E-state index is 11.0. The van der Waals surface area contributed by atoms with Gasteiger partial charge in [0, 0.05) is 13.1 Å². The minimum absolute atomic E-state index is 0.0935. The van der Waals surface area contributed by atoms with Crippen molar-refractivity contribution in [3.05, 3.63) is 15.8 Å². The fourth-order valence-corrected chi connectivity index (χ4v) is 2.05. The van der Waals surface area contributed by atoms with Crippen LogP contribution in [0.5, 0.6) is 0 Å². The molecule has 0 bridgehead atoms. The third-order valence-electron chi connectivity index (χ3n) is 2.40. The number of hydrogen-bond acceptors (Lipinski definition) is 5. The third kappa shape index (κ3) is 3.36. The second-order valence-electron chi connectivity index (χ2n) is 3.63. The van der Waals surface area contributed by atoms with E-state index in [1.54, 1.807) is 23.4 Å². The Hall–Kier alpha value is -1.24. The number of nitro groups is 1. The monoisotopic (exact) mass is 258 g/mol. The van der Waals surface area contributed by atoms with Crippen molar-refractivity contribution in [2.75, 3.05) is 23.9 Å². The summed E-state index contributed by atoms with van der Waals surface area (Å²) in [6, 6.07) is 0. The molecular weight excluding hydrogens is 240 g/mol. The van der Waals surface area contributed by atoms with E-state index in [0.29, 0.717) is 18.1 Å². The highest BCUT2D eigenvalue weighted by Gasteiger charge is 2.24.